The number of rotatable bonds is 11. The number of halogens is 1. The highest BCUT2D eigenvalue weighted by Gasteiger charge is 2.29. The van der Waals surface area contributed by atoms with Gasteiger partial charge in [0.25, 0.3) is 5.91 Å². The molecule has 1 saturated carbocycles. The molecule has 3 saturated heterocycles. The molecule has 5 N–H and O–H groups in total. The van der Waals surface area contributed by atoms with E-state index in [1.807, 2.05) is 31.4 Å². The number of carbonyl (C=O) groups excluding carboxylic acids is 3. The molecule has 1 unspecified atom stereocenters. The van der Waals surface area contributed by atoms with Crippen LogP contribution >= 0.6 is 11.6 Å². The standard InChI is InChI=1S/C43H49ClN12O3.C3H6/c1-46-36-25-39(51-56-38(41(45)58)26-48-42(36)56)55-18-13-31-30(3-2-4-37(31)55)35-24-29(9-14-47-35)53-16-11-27(12-17-53)10-15-52-19-21-54(22-20-52)28-5-6-33(32(44)23-28)49-34-7-8-40(57)50-43(34)59;1-2-3-1/h2-6,9,14,23-27,34,46,49H,7-8,10-13,15-22H2,1H3,(H2,45,58)(H,50,57,59);1-3H2. The number of hydrogen-bond acceptors (Lipinski definition) is 12. The van der Waals surface area contributed by atoms with E-state index in [9.17, 15) is 14.4 Å². The number of anilines is 6. The molecule has 5 aliphatic rings. The van der Waals surface area contributed by atoms with E-state index in [1.165, 1.54) is 60.5 Å². The number of benzene rings is 2. The van der Waals surface area contributed by atoms with Crippen molar-refractivity contribution in [2.45, 2.75) is 63.8 Å². The van der Waals surface area contributed by atoms with Gasteiger partial charge in [-0.3, -0.25) is 29.6 Å². The van der Waals surface area contributed by atoms with E-state index in [2.05, 4.69) is 76.9 Å². The Morgan fingerprint density at radius 3 is 2.37 bits per heavy atom. The summed E-state index contributed by atoms with van der Waals surface area (Å²) in [5.74, 6) is 0.297. The predicted octanol–water partition coefficient (Wildman–Crippen LogP) is 6.10. The lowest BCUT2D eigenvalue weighted by Crippen LogP contribution is -2.47. The minimum absolute atomic E-state index is 0.231. The number of pyridine rings is 1. The molecular formula is C46H55ClN12O3. The maximum atomic E-state index is 12.2. The fraction of sp³-hybridized carbons (Fsp3) is 0.435. The van der Waals surface area contributed by atoms with Crippen molar-refractivity contribution in [3.63, 3.8) is 0 Å². The molecule has 10 rings (SSSR count). The second-order valence-corrected chi connectivity index (χ2v) is 17.3. The van der Waals surface area contributed by atoms with Gasteiger partial charge in [0.1, 0.15) is 11.7 Å². The van der Waals surface area contributed by atoms with Gasteiger partial charge in [-0.2, -0.15) is 0 Å². The van der Waals surface area contributed by atoms with E-state index in [-0.39, 0.29) is 17.5 Å². The number of nitrogens with one attached hydrogen (secondary N) is 3. The van der Waals surface area contributed by atoms with Gasteiger partial charge in [-0.15, -0.1) is 5.10 Å². The Kier molecular flexibility index (Phi) is 12.2. The minimum atomic E-state index is -0.578. The van der Waals surface area contributed by atoms with Crippen molar-refractivity contribution < 1.29 is 14.4 Å². The highest BCUT2D eigenvalue weighted by molar-refractivity contribution is 6.33. The molecule has 0 radical (unpaired) electrons. The first-order valence-corrected chi connectivity index (χ1v) is 22.4. The second-order valence-electron chi connectivity index (χ2n) is 16.9. The number of fused-ring (bicyclic) bond motifs is 2. The summed E-state index contributed by atoms with van der Waals surface area (Å²) in [4.78, 5) is 54.7. The van der Waals surface area contributed by atoms with Crippen LogP contribution in [0, 0.1) is 5.92 Å². The minimum Gasteiger partial charge on any atom is -0.385 e. The average molecular weight is 859 g/mol. The van der Waals surface area contributed by atoms with Crippen LogP contribution in [0.5, 0.6) is 0 Å². The van der Waals surface area contributed by atoms with Crippen LogP contribution in [0.15, 0.2) is 67.0 Å². The smallest absolute Gasteiger partial charge is 0.269 e. The monoisotopic (exact) mass is 858 g/mol. The van der Waals surface area contributed by atoms with Crippen molar-refractivity contribution in [3.8, 4) is 11.3 Å². The number of primary amides is 1. The largest absolute Gasteiger partial charge is 0.385 e. The summed E-state index contributed by atoms with van der Waals surface area (Å²) in [6.45, 7) is 7.81. The van der Waals surface area contributed by atoms with Gasteiger partial charge in [0.2, 0.25) is 11.8 Å². The second kappa shape index (κ2) is 18.2. The Balaban J connectivity index is 0.00000157. The number of piperidine rings is 2. The van der Waals surface area contributed by atoms with Crippen molar-refractivity contribution in [1.82, 2.24) is 29.8 Å². The van der Waals surface area contributed by atoms with Crippen molar-refractivity contribution in [2.75, 3.05) is 84.7 Å². The first-order valence-electron chi connectivity index (χ1n) is 22.1. The summed E-state index contributed by atoms with van der Waals surface area (Å²) in [7, 11) is 1.83. The SMILES string of the molecule is C1CC1.CNc1cc(N2CCc3c(-c4cc(N5CCC(CCN6CCN(c7ccc(NC8CCC(=O)NC8=O)c(Cl)c7)CC6)CC5)ccn4)cccc32)nn2c(C(N)=O)cnc12. The van der Waals surface area contributed by atoms with Crippen molar-refractivity contribution in [2.24, 2.45) is 11.7 Å². The van der Waals surface area contributed by atoms with Crippen LogP contribution in [0.1, 0.15) is 67.4 Å². The molecule has 16 heteroatoms. The molecule has 2 aromatic carbocycles. The number of piperazine rings is 1. The number of nitrogens with zero attached hydrogens (tertiary/aromatic N) is 8. The van der Waals surface area contributed by atoms with Crippen molar-refractivity contribution in [1.29, 1.82) is 0 Å². The van der Waals surface area contributed by atoms with E-state index in [0.717, 1.165) is 87.1 Å². The van der Waals surface area contributed by atoms with Gasteiger partial charge in [0.05, 0.1) is 28.3 Å². The van der Waals surface area contributed by atoms with Crippen molar-refractivity contribution in [3.05, 3.63) is 83.3 Å². The number of amides is 3. The Morgan fingerprint density at radius 1 is 0.871 bits per heavy atom. The summed E-state index contributed by atoms with van der Waals surface area (Å²) in [6, 6.07) is 18.2. The van der Waals surface area contributed by atoms with E-state index < -0.39 is 11.9 Å². The summed E-state index contributed by atoms with van der Waals surface area (Å²) in [5.41, 5.74) is 14.6. The fourth-order valence-corrected chi connectivity index (χ4v) is 9.26. The Labute approximate surface area is 367 Å². The Bertz CT molecular complexity index is 2450. The van der Waals surface area contributed by atoms with Crippen LogP contribution in [0.4, 0.5) is 34.3 Å². The van der Waals surface area contributed by atoms with E-state index in [4.69, 9.17) is 27.4 Å². The van der Waals surface area contributed by atoms with Crippen LogP contribution in [0.3, 0.4) is 0 Å². The average Bonchev–Trinajstić information content (AvgIpc) is 4.01. The number of hydrogen-bond donors (Lipinski definition) is 4. The zero-order chi connectivity index (χ0) is 42.7. The van der Waals surface area contributed by atoms with Crippen LogP contribution in [0.2, 0.25) is 5.02 Å². The van der Waals surface area contributed by atoms with E-state index >= 15 is 0 Å². The molecular weight excluding hydrogens is 804 g/mol. The van der Waals surface area contributed by atoms with Gasteiger partial charge in [0, 0.05) is 94.2 Å². The van der Waals surface area contributed by atoms with Gasteiger partial charge >= 0.3 is 0 Å². The number of imidazole rings is 1. The lowest BCUT2D eigenvalue weighted by atomic mass is 9.92. The fourth-order valence-electron chi connectivity index (χ4n) is 9.03. The van der Waals surface area contributed by atoms with Crippen LogP contribution in [0.25, 0.3) is 16.9 Å². The third-order valence-electron chi connectivity index (χ3n) is 12.7. The van der Waals surface area contributed by atoms with Crippen LogP contribution < -0.4 is 36.4 Å². The summed E-state index contributed by atoms with van der Waals surface area (Å²) in [5, 5.41) is 14.2. The van der Waals surface area contributed by atoms with Gasteiger partial charge in [-0.1, -0.05) is 43.0 Å². The van der Waals surface area contributed by atoms with Gasteiger partial charge in [-0.25, -0.2) is 9.50 Å². The predicted molar refractivity (Wildman–Crippen MR) is 245 cm³/mol. The Hall–Kier alpha value is -5.93. The first-order chi connectivity index (χ1) is 30.2. The molecule has 1 atom stereocenters. The molecule has 4 fully saturated rings. The molecule has 15 nitrogen and oxygen atoms in total. The molecule has 4 aliphatic heterocycles. The lowest BCUT2D eigenvalue weighted by Gasteiger charge is -2.38. The molecule has 5 aromatic rings. The maximum Gasteiger partial charge on any atom is 0.269 e. The molecule has 1 aliphatic carbocycles. The number of aromatic nitrogens is 4. The lowest BCUT2D eigenvalue weighted by molar-refractivity contribution is -0.133. The number of nitrogens with two attached hydrogens (primary N) is 1. The zero-order valence-electron chi connectivity index (χ0n) is 35.3. The molecule has 0 bridgehead atoms. The van der Waals surface area contributed by atoms with Crippen molar-refractivity contribution >= 4 is 69.2 Å². The Morgan fingerprint density at radius 2 is 1.65 bits per heavy atom. The van der Waals surface area contributed by atoms with Gasteiger partial charge in [0.15, 0.2) is 11.5 Å². The zero-order valence-corrected chi connectivity index (χ0v) is 36.0. The molecule has 3 aromatic heterocycles. The van der Waals surface area contributed by atoms with Gasteiger partial charge in [-0.05, 0) is 86.5 Å². The highest BCUT2D eigenvalue weighted by Crippen LogP contribution is 2.41. The maximum absolute atomic E-state index is 12.2. The van der Waals surface area contributed by atoms with E-state index in [1.54, 1.807) is 0 Å². The van der Waals surface area contributed by atoms with Gasteiger partial charge < -0.3 is 31.1 Å². The molecule has 0 spiro atoms. The molecule has 7 heterocycles. The van der Waals surface area contributed by atoms with Crippen LogP contribution in [-0.4, -0.2) is 108 Å². The molecule has 324 valence electrons. The summed E-state index contributed by atoms with van der Waals surface area (Å²) < 4.78 is 1.52. The van der Waals surface area contributed by atoms with E-state index in [0.29, 0.717) is 40.9 Å². The first kappa shape index (κ1) is 41.4. The normalized spacial score (nSPS) is 19.2. The molecule has 62 heavy (non-hydrogen) atoms. The third kappa shape index (κ3) is 9.00. The summed E-state index contributed by atoms with van der Waals surface area (Å²) >= 11 is 6.65. The highest BCUT2D eigenvalue weighted by atomic mass is 35.5. The topological polar surface area (TPSA) is 169 Å². The van der Waals surface area contributed by atoms with Crippen LogP contribution in [-0.2, 0) is 16.0 Å². The quantitative estimate of drug-likeness (QED) is 0.113. The number of imide groups is 1. The number of carbonyl (C=O) groups is 3. The third-order valence-corrected chi connectivity index (χ3v) is 13.1. The summed E-state index contributed by atoms with van der Waals surface area (Å²) in [6.07, 6.45) is 13.1. The molecule has 3 amide bonds.